The summed E-state index contributed by atoms with van der Waals surface area (Å²) in [6.45, 7) is 0. The van der Waals surface area contributed by atoms with Gasteiger partial charge >= 0.3 is 0 Å². The number of hydrogen-bond donors (Lipinski definition) is 3. The Morgan fingerprint density at radius 1 is 1.20 bits per heavy atom. The molecule has 3 rings (SSSR count). The molecule has 0 saturated heterocycles. The molecule has 1 saturated carbocycles. The Hall–Kier alpha value is -2.24. The number of hydrogen-bond acceptors (Lipinski definition) is 6. The van der Waals surface area contributed by atoms with Gasteiger partial charge in [0.15, 0.2) is 11.6 Å². The molecule has 1 aromatic rings. The third-order valence-corrected chi connectivity index (χ3v) is 3.65. The van der Waals surface area contributed by atoms with Crippen LogP contribution >= 0.6 is 0 Å². The first-order valence-electron chi connectivity index (χ1n) is 6.82. The maximum atomic E-state index is 5.88. The fourth-order valence-electron chi connectivity index (χ4n) is 2.67. The van der Waals surface area contributed by atoms with Gasteiger partial charge in [0.05, 0.1) is 7.11 Å². The first kappa shape index (κ1) is 12.8. The van der Waals surface area contributed by atoms with Gasteiger partial charge in [-0.3, -0.25) is 5.32 Å². The lowest BCUT2D eigenvalue weighted by atomic mass is 10.1. The predicted octanol–water partition coefficient (Wildman–Crippen LogP) is 1.65. The molecule has 1 aliphatic carbocycles. The lowest BCUT2D eigenvalue weighted by Gasteiger charge is -2.27. The molecule has 0 radical (unpaired) electrons. The van der Waals surface area contributed by atoms with E-state index in [4.69, 9.17) is 15.5 Å². The SMILES string of the molecule is COc1ccc(NC2=NC3(CCCC3)N=C(N)N2)cc1. The predicted molar refractivity (Wildman–Crippen MR) is 80.0 cm³/mol. The summed E-state index contributed by atoms with van der Waals surface area (Å²) in [4.78, 5) is 9.17. The molecule has 0 bridgehead atoms. The van der Waals surface area contributed by atoms with Gasteiger partial charge in [0.2, 0.25) is 5.96 Å². The lowest BCUT2D eigenvalue weighted by Crippen LogP contribution is -2.48. The van der Waals surface area contributed by atoms with E-state index in [0.29, 0.717) is 11.9 Å². The number of nitrogens with zero attached hydrogens (tertiary/aromatic N) is 2. The van der Waals surface area contributed by atoms with Gasteiger partial charge in [0, 0.05) is 5.69 Å². The molecule has 1 aromatic carbocycles. The average molecular weight is 273 g/mol. The molecule has 0 amide bonds. The number of rotatable bonds is 2. The molecule has 0 unspecified atom stereocenters. The van der Waals surface area contributed by atoms with E-state index in [1.807, 2.05) is 24.3 Å². The van der Waals surface area contributed by atoms with Crippen molar-refractivity contribution < 1.29 is 4.74 Å². The van der Waals surface area contributed by atoms with E-state index in [0.717, 1.165) is 37.1 Å². The van der Waals surface area contributed by atoms with Crippen molar-refractivity contribution in [1.29, 1.82) is 0 Å². The summed E-state index contributed by atoms with van der Waals surface area (Å²) in [5.74, 6) is 1.91. The molecular formula is C14H19N5O. The van der Waals surface area contributed by atoms with E-state index >= 15 is 0 Å². The van der Waals surface area contributed by atoms with E-state index in [9.17, 15) is 0 Å². The van der Waals surface area contributed by atoms with Crippen LogP contribution in [0.25, 0.3) is 0 Å². The van der Waals surface area contributed by atoms with Crippen molar-refractivity contribution in [2.24, 2.45) is 15.7 Å². The summed E-state index contributed by atoms with van der Waals surface area (Å²) in [6, 6.07) is 7.67. The molecule has 1 fully saturated rings. The van der Waals surface area contributed by atoms with Crippen LogP contribution in [0.2, 0.25) is 0 Å². The summed E-state index contributed by atoms with van der Waals surface area (Å²) in [7, 11) is 1.65. The first-order valence-corrected chi connectivity index (χ1v) is 6.82. The first-order chi connectivity index (χ1) is 9.69. The Bertz CT molecular complexity index is 543. The normalized spacial score (nSPS) is 20.1. The maximum Gasteiger partial charge on any atom is 0.205 e. The zero-order valence-electron chi connectivity index (χ0n) is 11.5. The van der Waals surface area contributed by atoms with E-state index in [1.165, 1.54) is 0 Å². The van der Waals surface area contributed by atoms with Crippen LogP contribution in [0.3, 0.4) is 0 Å². The van der Waals surface area contributed by atoms with Gasteiger partial charge in [0.25, 0.3) is 0 Å². The van der Waals surface area contributed by atoms with Gasteiger partial charge in [-0.15, -0.1) is 0 Å². The third-order valence-electron chi connectivity index (χ3n) is 3.65. The van der Waals surface area contributed by atoms with Crippen LogP contribution in [0, 0.1) is 0 Å². The largest absolute Gasteiger partial charge is 0.497 e. The second-order valence-electron chi connectivity index (χ2n) is 5.13. The fourth-order valence-corrected chi connectivity index (χ4v) is 2.67. The standard InChI is InChI=1S/C14H19N5O/c1-20-11-6-4-10(5-7-11)16-13-17-12(15)18-14(19-13)8-2-3-9-14/h4-7H,2-3,8-9H2,1H3,(H4,15,16,17,18,19). The molecule has 4 N–H and O–H groups in total. The number of aliphatic imine (C=N–C) groups is 2. The fraction of sp³-hybridized carbons (Fsp3) is 0.429. The Morgan fingerprint density at radius 3 is 2.55 bits per heavy atom. The summed E-state index contributed by atoms with van der Waals surface area (Å²) in [5, 5.41) is 6.22. The Balaban J connectivity index is 1.77. The minimum atomic E-state index is -0.357. The molecule has 1 heterocycles. The van der Waals surface area contributed by atoms with Crippen molar-refractivity contribution in [3.05, 3.63) is 24.3 Å². The maximum absolute atomic E-state index is 5.88. The van der Waals surface area contributed by atoms with Crippen molar-refractivity contribution in [1.82, 2.24) is 5.32 Å². The van der Waals surface area contributed by atoms with Crippen LogP contribution < -0.4 is 21.1 Å². The molecule has 106 valence electrons. The zero-order valence-corrected chi connectivity index (χ0v) is 11.5. The minimum Gasteiger partial charge on any atom is -0.497 e. The van der Waals surface area contributed by atoms with Crippen LogP contribution in [0.1, 0.15) is 25.7 Å². The number of nitrogens with one attached hydrogen (secondary N) is 2. The van der Waals surface area contributed by atoms with Gasteiger partial charge < -0.3 is 15.8 Å². The Morgan fingerprint density at radius 2 is 1.90 bits per heavy atom. The zero-order chi connectivity index (χ0) is 14.0. The molecule has 6 nitrogen and oxygen atoms in total. The van der Waals surface area contributed by atoms with Crippen molar-refractivity contribution in [2.75, 3.05) is 12.4 Å². The van der Waals surface area contributed by atoms with Crippen LogP contribution in [-0.2, 0) is 0 Å². The van der Waals surface area contributed by atoms with Gasteiger partial charge in [-0.2, -0.15) is 0 Å². The monoisotopic (exact) mass is 273 g/mol. The number of guanidine groups is 2. The second-order valence-corrected chi connectivity index (χ2v) is 5.13. The minimum absolute atomic E-state index is 0.357. The lowest BCUT2D eigenvalue weighted by molar-refractivity contribution is 0.415. The molecule has 0 aromatic heterocycles. The summed E-state index contributed by atoms with van der Waals surface area (Å²) in [6.07, 6.45) is 4.22. The van der Waals surface area contributed by atoms with Crippen molar-refractivity contribution in [3.63, 3.8) is 0 Å². The third kappa shape index (κ3) is 2.54. The summed E-state index contributed by atoms with van der Waals surface area (Å²) in [5.41, 5.74) is 6.45. The van der Waals surface area contributed by atoms with Crippen molar-refractivity contribution in [2.45, 2.75) is 31.3 Å². The van der Waals surface area contributed by atoms with Crippen LogP contribution in [0.4, 0.5) is 5.69 Å². The highest BCUT2D eigenvalue weighted by Crippen LogP contribution is 2.35. The van der Waals surface area contributed by atoms with E-state index in [1.54, 1.807) is 7.11 Å². The topological polar surface area (TPSA) is 84.0 Å². The molecule has 1 aliphatic heterocycles. The second kappa shape index (κ2) is 5.03. The highest BCUT2D eigenvalue weighted by Gasteiger charge is 2.36. The van der Waals surface area contributed by atoms with Gasteiger partial charge in [-0.25, -0.2) is 9.98 Å². The van der Waals surface area contributed by atoms with Crippen LogP contribution in [-0.4, -0.2) is 24.7 Å². The van der Waals surface area contributed by atoms with Crippen molar-refractivity contribution in [3.8, 4) is 5.75 Å². The molecule has 1 spiro atoms. The number of methoxy groups -OCH3 is 1. The van der Waals surface area contributed by atoms with E-state index in [2.05, 4.69) is 15.6 Å². The molecule has 2 aliphatic rings. The van der Waals surface area contributed by atoms with Gasteiger partial charge in [0.1, 0.15) is 5.75 Å². The number of ether oxygens (including phenoxy) is 1. The van der Waals surface area contributed by atoms with Crippen LogP contribution in [0.15, 0.2) is 34.3 Å². The molecule has 0 atom stereocenters. The van der Waals surface area contributed by atoms with E-state index < -0.39 is 0 Å². The smallest absolute Gasteiger partial charge is 0.205 e. The Labute approximate surface area is 118 Å². The number of benzene rings is 1. The highest BCUT2D eigenvalue weighted by molar-refractivity contribution is 6.06. The Kier molecular flexibility index (Phi) is 3.22. The number of anilines is 1. The highest BCUT2D eigenvalue weighted by atomic mass is 16.5. The van der Waals surface area contributed by atoms with Gasteiger partial charge in [-0.05, 0) is 49.9 Å². The summed E-state index contributed by atoms with van der Waals surface area (Å²) < 4.78 is 5.14. The van der Waals surface area contributed by atoms with Crippen LogP contribution in [0.5, 0.6) is 5.75 Å². The quantitative estimate of drug-likeness (QED) is 0.765. The molecule has 20 heavy (non-hydrogen) atoms. The van der Waals surface area contributed by atoms with Crippen molar-refractivity contribution >= 4 is 17.6 Å². The van der Waals surface area contributed by atoms with E-state index in [-0.39, 0.29) is 5.66 Å². The number of nitrogens with two attached hydrogens (primary N) is 1. The molecular weight excluding hydrogens is 254 g/mol. The average Bonchev–Trinajstić information content (AvgIpc) is 2.86. The van der Waals surface area contributed by atoms with Gasteiger partial charge in [-0.1, -0.05) is 0 Å². The summed E-state index contributed by atoms with van der Waals surface area (Å²) >= 11 is 0. The molecule has 6 heteroatoms.